The van der Waals surface area contributed by atoms with Crippen molar-refractivity contribution in [1.82, 2.24) is 10.2 Å². The Kier molecular flexibility index (Phi) is 6.65. The van der Waals surface area contributed by atoms with E-state index in [0.29, 0.717) is 0 Å². The first-order valence-corrected chi connectivity index (χ1v) is 8.47. The zero-order valence-corrected chi connectivity index (χ0v) is 13.4. The molecule has 3 heteroatoms. The first-order chi connectivity index (χ1) is 10.2. The highest BCUT2D eigenvalue weighted by atomic mass is 19.1. The van der Waals surface area contributed by atoms with Gasteiger partial charge in [0, 0.05) is 18.6 Å². The van der Waals surface area contributed by atoms with E-state index in [1.54, 1.807) is 6.07 Å². The van der Waals surface area contributed by atoms with Gasteiger partial charge in [-0.3, -0.25) is 0 Å². The molecule has 0 radical (unpaired) electrons. The third-order valence-corrected chi connectivity index (χ3v) is 4.27. The van der Waals surface area contributed by atoms with Crippen LogP contribution in [0.3, 0.4) is 0 Å². The standard InChI is InChI=1S/C18H29FN2/c1-3-5-12-21(17-9-10-17)13-11-18(20-4-2)15-7-6-8-16(19)14-15/h6-8,14,17-18,20H,3-5,9-13H2,1-2H3. The monoisotopic (exact) mass is 292 g/mol. The van der Waals surface area contributed by atoms with Crippen molar-refractivity contribution < 1.29 is 4.39 Å². The summed E-state index contributed by atoms with van der Waals surface area (Å²) < 4.78 is 13.4. The summed E-state index contributed by atoms with van der Waals surface area (Å²) in [6.07, 6.45) is 6.30. The number of nitrogens with zero attached hydrogens (tertiary/aromatic N) is 1. The molecule has 2 rings (SSSR count). The first kappa shape index (κ1) is 16.4. The summed E-state index contributed by atoms with van der Waals surface area (Å²) in [5.41, 5.74) is 1.07. The van der Waals surface area contributed by atoms with E-state index < -0.39 is 0 Å². The number of halogens is 1. The summed E-state index contributed by atoms with van der Waals surface area (Å²) in [4.78, 5) is 2.63. The lowest BCUT2D eigenvalue weighted by atomic mass is 10.0. The van der Waals surface area contributed by atoms with Crippen LogP contribution in [0.25, 0.3) is 0 Å². The Hall–Kier alpha value is -0.930. The van der Waals surface area contributed by atoms with E-state index in [2.05, 4.69) is 24.1 Å². The van der Waals surface area contributed by atoms with Gasteiger partial charge in [-0.1, -0.05) is 32.4 Å². The lowest BCUT2D eigenvalue weighted by Gasteiger charge is -2.25. The van der Waals surface area contributed by atoms with Gasteiger partial charge in [-0.2, -0.15) is 0 Å². The average molecular weight is 292 g/mol. The normalized spacial score (nSPS) is 16.4. The fraction of sp³-hybridized carbons (Fsp3) is 0.667. The van der Waals surface area contributed by atoms with E-state index in [1.165, 1.54) is 38.3 Å². The van der Waals surface area contributed by atoms with E-state index in [9.17, 15) is 4.39 Å². The molecule has 1 N–H and O–H groups in total. The quantitative estimate of drug-likeness (QED) is 0.697. The van der Waals surface area contributed by atoms with Crippen molar-refractivity contribution in [3.63, 3.8) is 0 Å². The molecular weight excluding hydrogens is 263 g/mol. The summed E-state index contributed by atoms with van der Waals surface area (Å²) in [6.45, 7) is 7.60. The molecule has 1 aromatic rings. The molecule has 1 fully saturated rings. The van der Waals surface area contributed by atoms with Gasteiger partial charge in [-0.05, 0) is 56.5 Å². The number of hydrogen-bond acceptors (Lipinski definition) is 2. The minimum atomic E-state index is -0.138. The van der Waals surface area contributed by atoms with Crippen LogP contribution in [0, 0.1) is 5.82 Å². The molecule has 1 aromatic carbocycles. The smallest absolute Gasteiger partial charge is 0.123 e. The van der Waals surface area contributed by atoms with Crippen molar-refractivity contribution in [1.29, 1.82) is 0 Å². The fourth-order valence-corrected chi connectivity index (χ4v) is 2.93. The summed E-state index contributed by atoms with van der Waals surface area (Å²) in [7, 11) is 0. The second-order valence-corrected chi connectivity index (χ2v) is 6.07. The minimum absolute atomic E-state index is 0.138. The Morgan fingerprint density at radius 2 is 2.10 bits per heavy atom. The van der Waals surface area contributed by atoms with Gasteiger partial charge < -0.3 is 10.2 Å². The van der Waals surface area contributed by atoms with Crippen LogP contribution >= 0.6 is 0 Å². The molecule has 0 bridgehead atoms. The maximum atomic E-state index is 13.4. The van der Waals surface area contributed by atoms with E-state index in [-0.39, 0.29) is 11.9 Å². The van der Waals surface area contributed by atoms with Crippen molar-refractivity contribution in [2.75, 3.05) is 19.6 Å². The highest BCUT2D eigenvalue weighted by Gasteiger charge is 2.28. The third kappa shape index (κ3) is 5.40. The number of unbranched alkanes of at least 4 members (excludes halogenated alkanes) is 1. The Balaban J connectivity index is 1.92. The predicted octanol–water partition coefficient (Wildman–Crippen LogP) is 4.13. The molecule has 1 unspecified atom stereocenters. The van der Waals surface area contributed by atoms with E-state index in [0.717, 1.165) is 31.1 Å². The highest BCUT2D eigenvalue weighted by molar-refractivity contribution is 5.20. The molecule has 1 saturated carbocycles. The molecule has 0 spiro atoms. The molecule has 0 saturated heterocycles. The predicted molar refractivity (Wildman–Crippen MR) is 86.9 cm³/mol. The number of rotatable bonds is 10. The average Bonchev–Trinajstić information content (AvgIpc) is 3.31. The van der Waals surface area contributed by atoms with Gasteiger partial charge >= 0.3 is 0 Å². The lowest BCUT2D eigenvalue weighted by Crippen LogP contribution is -2.32. The van der Waals surface area contributed by atoms with Gasteiger partial charge in [0.15, 0.2) is 0 Å². The maximum Gasteiger partial charge on any atom is 0.123 e. The van der Waals surface area contributed by atoms with Crippen LogP contribution in [-0.2, 0) is 0 Å². The fourth-order valence-electron chi connectivity index (χ4n) is 2.93. The van der Waals surface area contributed by atoms with E-state index in [1.807, 2.05) is 12.1 Å². The number of benzene rings is 1. The topological polar surface area (TPSA) is 15.3 Å². The van der Waals surface area contributed by atoms with Gasteiger partial charge in [0.2, 0.25) is 0 Å². The van der Waals surface area contributed by atoms with Crippen LogP contribution in [0.5, 0.6) is 0 Å². The Morgan fingerprint density at radius 1 is 1.29 bits per heavy atom. The van der Waals surface area contributed by atoms with Gasteiger partial charge in [-0.15, -0.1) is 0 Å². The molecule has 2 nitrogen and oxygen atoms in total. The van der Waals surface area contributed by atoms with Crippen LogP contribution in [-0.4, -0.2) is 30.6 Å². The third-order valence-electron chi connectivity index (χ3n) is 4.27. The van der Waals surface area contributed by atoms with Crippen molar-refractivity contribution in [2.24, 2.45) is 0 Å². The van der Waals surface area contributed by atoms with Crippen molar-refractivity contribution in [3.8, 4) is 0 Å². The van der Waals surface area contributed by atoms with E-state index >= 15 is 0 Å². The molecule has 1 atom stereocenters. The van der Waals surface area contributed by atoms with Crippen LogP contribution in [0.4, 0.5) is 4.39 Å². The largest absolute Gasteiger partial charge is 0.310 e. The van der Waals surface area contributed by atoms with Crippen LogP contribution in [0.2, 0.25) is 0 Å². The zero-order valence-electron chi connectivity index (χ0n) is 13.4. The van der Waals surface area contributed by atoms with Gasteiger partial charge in [0.05, 0.1) is 0 Å². The Labute approximate surface area is 128 Å². The first-order valence-electron chi connectivity index (χ1n) is 8.47. The number of hydrogen-bond donors (Lipinski definition) is 1. The molecule has 0 amide bonds. The molecule has 21 heavy (non-hydrogen) atoms. The highest BCUT2D eigenvalue weighted by Crippen LogP contribution is 2.28. The SMILES string of the molecule is CCCCN(CCC(NCC)c1cccc(F)c1)C1CC1. The van der Waals surface area contributed by atoms with Gasteiger partial charge in [0.1, 0.15) is 5.82 Å². The minimum Gasteiger partial charge on any atom is -0.310 e. The molecule has 0 aromatic heterocycles. The number of nitrogens with one attached hydrogen (secondary N) is 1. The molecule has 0 heterocycles. The van der Waals surface area contributed by atoms with Gasteiger partial charge in [0.25, 0.3) is 0 Å². The summed E-state index contributed by atoms with van der Waals surface area (Å²) >= 11 is 0. The molecule has 118 valence electrons. The van der Waals surface area contributed by atoms with Crippen LogP contribution in [0.15, 0.2) is 24.3 Å². The Morgan fingerprint density at radius 3 is 2.71 bits per heavy atom. The zero-order chi connectivity index (χ0) is 15.1. The van der Waals surface area contributed by atoms with Gasteiger partial charge in [-0.25, -0.2) is 4.39 Å². The van der Waals surface area contributed by atoms with Crippen molar-refractivity contribution in [2.45, 2.75) is 58.0 Å². The van der Waals surface area contributed by atoms with Crippen LogP contribution in [0.1, 0.15) is 57.6 Å². The summed E-state index contributed by atoms with van der Waals surface area (Å²) in [5, 5.41) is 3.50. The molecular formula is C18H29FN2. The second kappa shape index (κ2) is 8.50. The Bertz CT molecular complexity index is 417. The maximum absolute atomic E-state index is 13.4. The molecule has 1 aliphatic carbocycles. The van der Waals surface area contributed by atoms with Crippen molar-refractivity contribution in [3.05, 3.63) is 35.6 Å². The summed E-state index contributed by atoms with van der Waals surface area (Å²) in [5.74, 6) is -0.138. The second-order valence-electron chi connectivity index (χ2n) is 6.07. The van der Waals surface area contributed by atoms with Crippen LogP contribution < -0.4 is 5.32 Å². The molecule has 1 aliphatic rings. The lowest BCUT2D eigenvalue weighted by molar-refractivity contribution is 0.243. The summed E-state index contributed by atoms with van der Waals surface area (Å²) in [6, 6.07) is 8.10. The van der Waals surface area contributed by atoms with E-state index in [4.69, 9.17) is 0 Å². The molecule has 0 aliphatic heterocycles. The van der Waals surface area contributed by atoms with Crippen molar-refractivity contribution >= 4 is 0 Å².